The minimum absolute atomic E-state index is 0. The van der Waals surface area contributed by atoms with E-state index in [1.165, 1.54) is 12.1 Å². The Bertz CT molecular complexity index is 734. The fourth-order valence-electron chi connectivity index (χ4n) is 3.66. The van der Waals surface area contributed by atoms with Crippen molar-refractivity contribution in [2.45, 2.75) is 18.9 Å². The van der Waals surface area contributed by atoms with Gasteiger partial charge in [0, 0.05) is 30.6 Å². The van der Waals surface area contributed by atoms with Gasteiger partial charge in [0.05, 0.1) is 5.52 Å². The van der Waals surface area contributed by atoms with Crippen molar-refractivity contribution in [3.8, 4) is 0 Å². The molecular weight excluding hydrogens is 324 g/mol. The topological polar surface area (TPSA) is 48.1 Å². The average molecular weight is 342 g/mol. The molecule has 1 aromatic carbocycles. The highest BCUT2D eigenvalue weighted by atomic mass is 35.5. The van der Waals surface area contributed by atoms with Crippen LogP contribution in [0, 0.1) is 17.6 Å². The van der Waals surface area contributed by atoms with Gasteiger partial charge in [0.15, 0.2) is 0 Å². The Hall–Kier alpha value is -1.66. The SMILES string of the molecule is Cl.O=C(c1cc2c(F)cc(F)cc2[nH]1)N1CC2CCCNC2C1. The number of H-pyrrole nitrogens is 1. The van der Waals surface area contributed by atoms with Gasteiger partial charge in [0.2, 0.25) is 0 Å². The number of nitrogens with one attached hydrogen (secondary N) is 2. The summed E-state index contributed by atoms with van der Waals surface area (Å²) in [4.78, 5) is 17.2. The molecule has 0 bridgehead atoms. The van der Waals surface area contributed by atoms with E-state index in [9.17, 15) is 13.6 Å². The van der Waals surface area contributed by atoms with Gasteiger partial charge in [0.25, 0.3) is 5.91 Å². The maximum absolute atomic E-state index is 13.7. The molecule has 2 aliphatic rings. The molecule has 2 aromatic rings. The van der Waals surface area contributed by atoms with E-state index in [0.717, 1.165) is 32.0 Å². The maximum atomic E-state index is 13.7. The van der Waals surface area contributed by atoms with Crippen molar-refractivity contribution < 1.29 is 13.6 Å². The van der Waals surface area contributed by atoms with E-state index < -0.39 is 11.6 Å². The van der Waals surface area contributed by atoms with Crippen molar-refractivity contribution in [2.75, 3.05) is 19.6 Å². The first-order valence-corrected chi connectivity index (χ1v) is 7.62. The molecule has 2 unspecified atom stereocenters. The second-order valence-electron chi connectivity index (χ2n) is 6.20. The smallest absolute Gasteiger partial charge is 0.270 e. The molecule has 2 aliphatic heterocycles. The summed E-state index contributed by atoms with van der Waals surface area (Å²) in [5.74, 6) is -0.951. The lowest BCUT2D eigenvalue weighted by Gasteiger charge is -2.24. The highest BCUT2D eigenvalue weighted by Crippen LogP contribution is 2.27. The first kappa shape index (κ1) is 16.2. The Kier molecular flexibility index (Phi) is 4.29. The van der Waals surface area contributed by atoms with Gasteiger partial charge in [0.1, 0.15) is 17.3 Å². The number of carbonyl (C=O) groups excluding carboxylic acids is 1. The number of likely N-dealkylation sites (tertiary alicyclic amines) is 1. The molecule has 0 spiro atoms. The number of piperidine rings is 1. The Morgan fingerprint density at radius 3 is 2.83 bits per heavy atom. The monoisotopic (exact) mass is 341 g/mol. The van der Waals surface area contributed by atoms with Crippen LogP contribution in [0.4, 0.5) is 8.78 Å². The van der Waals surface area contributed by atoms with E-state index in [4.69, 9.17) is 0 Å². The van der Waals surface area contributed by atoms with Crippen LogP contribution in [0.5, 0.6) is 0 Å². The zero-order valence-corrected chi connectivity index (χ0v) is 13.3. The summed E-state index contributed by atoms with van der Waals surface area (Å²) in [6, 6.07) is 3.87. The van der Waals surface area contributed by atoms with Crippen LogP contribution in [-0.2, 0) is 0 Å². The molecule has 2 atom stereocenters. The molecule has 2 fully saturated rings. The van der Waals surface area contributed by atoms with Crippen molar-refractivity contribution in [2.24, 2.45) is 5.92 Å². The van der Waals surface area contributed by atoms with Gasteiger partial charge in [-0.05, 0) is 37.4 Å². The Labute approximate surface area is 138 Å². The zero-order chi connectivity index (χ0) is 15.3. The summed E-state index contributed by atoms with van der Waals surface area (Å²) in [7, 11) is 0. The number of benzene rings is 1. The van der Waals surface area contributed by atoms with Crippen molar-refractivity contribution in [3.63, 3.8) is 0 Å². The number of aromatic nitrogens is 1. The van der Waals surface area contributed by atoms with Crippen molar-refractivity contribution >= 4 is 29.2 Å². The molecule has 4 rings (SSSR count). The van der Waals surface area contributed by atoms with E-state index in [2.05, 4.69) is 10.3 Å². The van der Waals surface area contributed by atoms with Crippen LogP contribution >= 0.6 is 12.4 Å². The Balaban J connectivity index is 0.00000156. The molecule has 1 amide bonds. The number of carbonyl (C=O) groups is 1. The van der Waals surface area contributed by atoms with Gasteiger partial charge in [-0.2, -0.15) is 0 Å². The van der Waals surface area contributed by atoms with Crippen molar-refractivity contribution in [1.29, 1.82) is 0 Å². The molecule has 1 aromatic heterocycles. The minimum Gasteiger partial charge on any atom is -0.350 e. The molecule has 3 heterocycles. The van der Waals surface area contributed by atoms with Gasteiger partial charge >= 0.3 is 0 Å². The van der Waals surface area contributed by atoms with Crippen molar-refractivity contribution in [3.05, 3.63) is 35.5 Å². The predicted octanol–water partition coefficient (Wildman–Crippen LogP) is 2.69. The van der Waals surface area contributed by atoms with E-state index in [1.54, 1.807) is 4.90 Å². The molecule has 124 valence electrons. The van der Waals surface area contributed by atoms with Crippen molar-refractivity contribution in [1.82, 2.24) is 15.2 Å². The Morgan fingerprint density at radius 1 is 1.22 bits per heavy atom. The predicted molar refractivity (Wildman–Crippen MR) is 85.9 cm³/mol. The highest BCUT2D eigenvalue weighted by Gasteiger charge is 2.37. The number of halogens is 3. The van der Waals surface area contributed by atoms with E-state index in [-0.39, 0.29) is 23.7 Å². The van der Waals surface area contributed by atoms with E-state index >= 15 is 0 Å². The van der Waals surface area contributed by atoms with Crippen LogP contribution in [-0.4, -0.2) is 41.5 Å². The number of aromatic amines is 1. The third-order valence-corrected chi connectivity index (χ3v) is 4.77. The quantitative estimate of drug-likeness (QED) is 0.838. The zero-order valence-electron chi connectivity index (χ0n) is 12.4. The largest absolute Gasteiger partial charge is 0.350 e. The number of nitrogens with zero attached hydrogens (tertiary/aromatic N) is 1. The van der Waals surface area contributed by atoms with Gasteiger partial charge in [-0.25, -0.2) is 8.78 Å². The summed E-state index contributed by atoms with van der Waals surface area (Å²) < 4.78 is 27.0. The third-order valence-electron chi connectivity index (χ3n) is 4.77. The molecule has 0 saturated carbocycles. The standard InChI is InChI=1S/C16H17F2N3O.ClH/c17-10-4-12(18)11-6-14(20-13(11)5-10)16(22)21-7-9-2-1-3-19-15(9)8-21;/h4-6,9,15,19-20H,1-3,7-8H2;1H. The fourth-order valence-corrected chi connectivity index (χ4v) is 3.66. The normalized spacial score (nSPS) is 23.7. The molecule has 2 N–H and O–H groups in total. The summed E-state index contributed by atoms with van der Waals surface area (Å²) in [5.41, 5.74) is 0.633. The summed E-state index contributed by atoms with van der Waals surface area (Å²) in [5, 5.41) is 3.70. The van der Waals surface area contributed by atoms with Crippen LogP contribution in [0.1, 0.15) is 23.3 Å². The second kappa shape index (κ2) is 6.09. The second-order valence-corrected chi connectivity index (χ2v) is 6.20. The lowest BCUT2D eigenvalue weighted by atomic mass is 9.94. The van der Waals surface area contributed by atoms with Gasteiger partial charge in [-0.3, -0.25) is 4.79 Å². The summed E-state index contributed by atoms with van der Waals surface area (Å²) in [6.07, 6.45) is 2.27. The minimum atomic E-state index is -0.651. The summed E-state index contributed by atoms with van der Waals surface area (Å²) >= 11 is 0. The fraction of sp³-hybridized carbons (Fsp3) is 0.438. The van der Waals surface area contributed by atoms with Crippen LogP contribution < -0.4 is 5.32 Å². The summed E-state index contributed by atoms with van der Waals surface area (Å²) in [6.45, 7) is 2.40. The average Bonchev–Trinajstić information content (AvgIpc) is 3.09. The molecular formula is C16H18ClF2N3O. The van der Waals surface area contributed by atoms with Gasteiger partial charge in [-0.15, -0.1) is 12.4 Å². The van der Waals surface area contributed by atoms with Gasteiger partial charge < -0.3 is 15.2 Å². The number of hydrogen-bond donors (Lipinski definition) is 2. The third kappa shape index (κ3) is 2.81. The van der Waals surface area contributed by atoms with Crippen LogP contribution in [0.15, 0.2) is 18.2 Å². The molecule has 0 radical (unpaired) electrons. The number of fused-ring (bicyclic) bond motifs is 2. The molecule has 2 saturated heterocycles. The number of amides is 1. The molecule has 23 heavy (non-hydrogen) atoms. The van der Waals surface area contributed by atoms with Gasteiger partial charge in [-0.1, -0.05) is 0 Å². The number of hydrogen-bond acceptors (Lipinski definition) is 2. The van der Waals surface area contributed by atoms with Crippen LogP contribution in [0.2, 0.25) is 0 Å². The maximum Gasteiger partial charge on any atom is 0.270 e. The van der Waals surface area contributed by atoms with Crippen LogP contribution in [0.25, 0.3) is 10.9 Å². The lowest BCUT2D eigenvalue weighted by molar-refractivity contribution is 0.0781. The van der Waals surface area contributed by atoms with E-state index in [1.807, 2.05) is 0 Å². The highest BCUT2D eigenvalue weighted by molar-refractivity contribution is 5.98. The molecule has 7 heteroatoms. The first-order valence-electron chi connectivity index (χ1n) is 7.62. The Morgan fingerprint density at radius 2 is 2.04 bits per heavy atom. The first-order chi connectivity index (χ1) is 10.6. The molecule has 4 nitrogen and oxygen atoms in total. The van der Waals surface area contributed by atoms with Crippen LogP contribution in [0.3, 0.4) is 0 Å². The van der Waals surface area contributed by atoms with E-state index in [0.29, 0.717) is 29.7 Å². The number of rotatable bonds is 1. The lowest BCUT2D eigenvalue weighted by Crippen LogP contribution is -2.41. The molecule has 0 aliphatic carbocycles.